The van der Waals surface area contributed by atoms with Crippen LogP contribution in [0.1, 0.15) is 0 Å². The number of aromatic nitrogens is 1. The smallest absolute Gasteiger partial charge is 0.273 e. The van der Waals surface area contributed by atoms with Crippen molar-refractivity contribution < 1.29 is 0 Å². The minimum atomic E-state index is -0.193. The van der Waals surface area contributed by atoms with E-state index in [-0.39, 0.29) is 13.4 Å². The Bertz CT molecular complexity index is 4230. The Kier molecular flexibility index (Phi) is 10.9. The molecule has 0 aliphatic carbocycles. The first kappa shape index (κ1) is 46.2. The average molecular weight is 1040 g/mol. The zero-order chi connectivity index (χ0) is 52.7. The molecule has 0 saturated carbocycles. The van der Waals surface area contributed by atoms with Crippen molar-refractivity contribution in [2.45, 2.75) is 9.79 Å². The van der Waals surface area contributed by atoms with Gasteiger partial charge in [-0.05, 0) is 149 Å². The minimum Gasteiger partial charge on any atom is -0.311 e. The summed E-state index contributed by atoms with van der Waals surface area (Å²) in [5.41, 5.74) is 22.4. The quantitative estimate of drug-likeness (QED) is 0.133. The molecule has 0 unspecified atom stereocenters. The molecule has 0 spiro atoms. The van der Waals surface area contributed by atoms with E-state index in [1.54, 1.807) is 0 Å². The molecule has 16 rings (SSSR count). The fourth-order valence-electron chi connectivity index (χ4n) is 12.9. The third kappa shape index (κ3) is 7.35. The fraction of sp³-hybridized carbons (Fsp3) is 0. The summed E-state index contributed by atoms with van der Waals surface area (Å²) in [5.74, 6) is 0.925. The lowest BCUT2D eigenvalue weighted by Crippen LogP contribution is -2.65. The van der Waals surface area contributed by atoms with Crippen molar-refractivity contribution in [3.05, 3.63) is 291 Å². The zero-order valence-corrected chi connectivity index (χ0v) is 44.3. The second-order valence-electron chi connectivity index (χ2n) is 20.7. The number of anilines is 15. The van der Waals surface area contributed by atoms with Gasteiger partial charge < -0.3 is 19.6 Å². The molecule has 11 aromatic carbocycles. The highest BCUT2D eigenvalue weighted by atomic mass is 32.2. The maximum absolute atomic E-state index is 6.29. The van der Waals surface area contributed by atoms with Crippen LogP contribution < -0.4 is 57.4 Å². The second-order valence-corrected chi connectivity index (χ2v) is 21.8. The highest BCUT2D eigenvalue weighted by molar-refractivity contribution is 8.00. The van der Waals surface area contributed by atoms with Gasteiger partial charge in [0, 0.05) is 83.6 Å². The molecule has 0 radical (unpaired) electrons. The Morgan fingerprint density at radius 1 is 0.287 bits per heavy atom. The lowest BCUT2D eigenvalue weighted by atomic mass is 9.32. The number of hydrogen-bond donors (Lipinski definition) is 0. The topological polar surface area (TPSA) is 29.1 Å². The number of pyridine rings is 1. The number of para-hydroxylation sites is 8. The molecule has 0 fully saturated rings. The maximum atomic E-state index is 6.29. The van der Waals surface area contributed by atoms with Crippen LogP contribution in [0.4, 0.5) is 85.4 Å². The third-order valence-corrected chi connectivity index (χ3v) is 17.3. The summed E-state index contributed by atoms with van der Waals surface area (Å²) < 4.78 is 0. The van der Waals surface area contributed by atoms with Crippen molar-refractivity contribution in [3.8, 4) is 0 Å². The summed E-state index contributed by atoms with van der Waals surface area (Å²) in [5, 5.41) is 0. The van der Waals surface area contributed by atoms with Gasteiger partial charge in [0.1, 0.15) is 5.82 Å². The summed E-state index contributed by atoms with van der Waals surface area (Å²) >= 11 is 1.86. The Morgan fingerprint density at radius 2 is 0.688 bits per heavy atom. The van der Waals surface area contributed by atoms with Gasteiger partial charge in [-0.3, -0.25) is 4.90 Å². The molecule has 0 atom stereocenters. The molecular formula is C71H48B2N6S. The first-order chi connectivity index (χ1) is 39.7. The first-order valence-electron chi connectivity index (χ1n) is 27.4. The SMILES string of the molecule is c1ccc(N(c2ccccc2)c2cc3c4c(c2)N(c2ccccc2)c2cc5c(nc2B4c2ccccc2S3)N(c2ccccc2)c2cc(N(c3ccccc3)c3ccccc3)cc3c2B5c2ccccc2N3c2ccccc2)cc1. The Labute approximate surface area is 471 Å². The largest absolute Gasteiger partial charge is 0.311 e. The number of nitrogens with zero attached hydrogens (tertiary/aromatic N) is 6. The molecule has 80 heavy (non-hydrogen) atoms. The molecule has 4 aliphatic rings. The summed E-state index contributed by atoms with van der Waals surface area (Å²) in [6, 6.07) is 106. The summed E-state index contributed by atoms with van der Waals surface area (Å²) in [7, 11) is 0. The lowest BCUT2D eigenvalue weighted by Gasteiger charge is -2.46. The number of fused-ring (bicyclic) bond motifs is 8. The highest BCUT2D eigenvalue weighted by Crippen LogP contribution is 2.50. The van der Waals surface area contributed by atoms with E-state index in [1.165, 1.54) is 31.6 Å². The summed E-state index contributed by atoms with van der Waals surface area (Å²) in [6.07, 6.45) is 0. The van der Waals surface area contributed by atoms with Gasteiger partial charge >= 0.3 is 0 Å². The van der Waals surface area contributed by atoms with Crippen LogP contribution in [0.15, 0.2) is 301 Å². The standard InChI is InChI=1S/C71H48B2N6S/c1-8-26-49(27-9-1)75(50-28-10-2-11-29-50)56-44-62-68-63(45-56)79(55-38-20-7-21-39-55)71-60(72(68)58-40-22-24-42-61(58)77(62)53-34-16-5-17-35-53)48-65-70(74-71)73-59-41-23-25-43-66(59)80-67-47-57(46-64(69(67)73)78(65)54-36-18-6-19-37-54)76(51-30-12-3-13-31-51)52-32-14-4-15-33-52/h1-48H. The van der Waals surface area contributed by atoms with E-state index in [2.05, 4.69) is 316 Å². The Balaban J connectivity index is 1.01. The van der Waals surface area contributed by atoms with Crippen molar-refractivity contribution in [2.24, 2.45) is 0 Å². The van der Waals surface area contributed by atoms with E-state index in [4.69, 9.17) is 4.98 Å². The fourth-order valence-corrected chi connectivity index (χ4v) is 14.1. The van der Waals surface area contributed by atoms with Crippen LogP contribution in [-0.4, -0.2) is 18.4 Å². The van der Waals surface area contributed by atoms with Crippen LogP contribution in [0.3, 0.4) is 0 Å². The molecule has 5 heterocycles. The van der Waals surface area contributed by atoms with E-state index in [0.29, 0.717) is 0 Å². The normalized spacial score (nSPS) is 13.1. The van der Waals surface area contributed by atoms with E-state index in [9.17, 15) is 0 Å². The van der Waals surface area contributed by atoms with Crippen LogP contribution in [-0.2, 0) is 0 Å². The Morgan fingerprint density at radius 3 is 1.21 bits per heavy atom. The van der Waals surface area contributed by atoms with Gasteiger partial charge in [0.15, 0.2) is 0 Å². The third-order valence-electron chi connectivity index (χ3n) is 16.2. The van der Waals surface area contributed by atoms with E-state index < -0.39 is 0 Å². The second kappa shape index (κ2) is 18.9. The summed E-state index contributed by atoms with van der Waals surface area (Å²) in [4.78, 5) is 21.0. The van der Waals surface area contributed by atoms with Crippen LogP contribution in [0.2, 0.25) is 0 Å². The number of hydrogen-bond acceptors (Lipinski definition) is 7. The molecular weight excluding hydrogens is 991 g/mol. The molecule has 0 N–H and O–H groups in total. The molecule has 12 aromatic rings. The van der Waals surface area contributed by atoms with Gasteiger partial charge in [-0.1, -0.05) is 181 Å². The van der Waals surface area contributed by atoms with Crippen molar-refractivity contribution in [3.63, 3.8) is 0 Å². The lowest BCUT2D eigenvalue weighted by molar-refractivity contribution is 1.17. The predicted octanol–water partition coefficient (Wildman–Crippen LogP) is 14.9. The maximum Gasteiger partial charge on any atom is 0.273 e. The average Bonchev–Trinajstić information content (AvgIpc) is 3.31. The van der Waals surface area contributed by atoms with E-state index in [1.807, 2.05) is 11.8 Å². The van der Waals surface area contributed by atoms with Crippen LogP contribution in [0, 0.1) is 0 Å². The molecule has 9 heteroatoms. The highest BCUT2D eigenvalue weighted by Gasteiger charge is 2.49. The van der Waals surface area contributed by atoms with Crippen molar-refractivity contribution in [2.75, 3.05) is 24.5 Å². The zero-order valence-electron chi connectivity index (χ0n) is 43.5. The van der Waals surface area contributed by atoms with Crippen LogP contribution in [0.25, 0.3) is 0 Å². The number of rotatable bonds is 9. The molecule has 6 nitrogen and oxygen atoms in total. The van der Waals surface area contributed by atoms with Crippen LogP contribution >= 0.6 is 11.8 Å². The number of benzene rings is 11. The van der Waals surface area contributed by atoms with Gasteiger partial charge in [-0.25, -0.2) is 4.98 Å². The molecule has 1 aromatic heterocycles. The van der Waals surface area contributed by atoms with Gasteiger partial charge in [0.2, 0.25) is 0 Å². The molecule has 374 valence electrons. The van der Waals surface area contributed by atoms with Gasteiger partial charge in [0.05, 0.1) is 11.4 Å². The molecule has 4 aliphatic heterocycles. The van der Waals surface area contributed by atoms with Crippen LogP contribution in [0.5, 0.6) is 0 Å². The monoisotopic (exact) mass is 1040 g/mol. The summed E-state index contributed by atoms with van der Waals surface area (Å²) in [6.45, 7) is -0.366. The first-order valence-corrected chi connectivity index (χ1v) is 28.2. The van der Waals surface area contributed by atoms with Gasteiger partial charge in [-0.2, -0.15) is 0 Å². The van der Waals surface area contributed by atoms with Gasteiger partial charge in [-0.15, -0.1) is 0 Å². The molecule has 0 bridgehead atoms. The molecule has 0 saturated heterocycles. The van der Waals surface area contributed by atoms with Crippen molar-refractivity contribution in [1.82, 2.24) is 4.98 Å². The van der Waals surface area contributed by atoms with Gasteiger partial charge in [0.25, 0.3) is 13.4 Å². The van der Waals surface area contributed by atoms with E-state index in [0.717, 1.165) is 96.5 Å². The van der Waals surface area contributed by atoms with E-state index >= 15 is 0 Å². The predicted molar refractivity (Wildman–Crippen MR) is 338 cm³/mol. The van der Waals surface area contributed by atoms with Crippen molar-refractivity contribution >= 4 is 144 Å². The Hall–Kier alpha value is -9.95. The minimum absolute atomic E-state index is 0.173. The van der Waals surface area contributed by atoms with Crippen molar-refractivity contribution in [1.29, 1.82) is 0 Å². The molecule has 0 amide bonds.